The number of anilines is 1. The third-order valence-corrected chi connectivity index (χ3v) is 7.42. The number of hydrogen-bond acceptors (Lipinski definition) is 5. The van der Waals surface area contributed by atoms with Gasteiger partial charge >= 0.3 is 6.03 Å². The topological polar surface area (TPSA) is 72.0 Å². The van der Waals surface area contributed by atoms with Gasteiger partial charge in [-0.1, -0.05) is 48.5 Å². The van der Waals surface area contributed by atoms with Gasteiger partial charge in [-0.05, 0) is 41.1 Å². The van der Waals surface area contributed by atoms with E-state index in [1.807, 2.05) is 42.5 Å². The Bertz CT molecular complexity index is 1700. The maximum absolute atomic E-state index is 13.3. The van der Waals surface area contributed by atoms with E-state index in [1.165, 1.54) is 10.8 Å². The molecule has 0 aliphatic rings. The van der Waals surface area contributed by atoms with Crippen molar-refractivity contribution in [3.8, 4) is 17.0 Å². The fourth-order valence-electron chi connectivity index (χ4n) is 4.53. The molecule has 0 aliphatic heterocycles. The molecule has 190 valence electrons. The van der Waals surface area contributed by atoms with Crippen molar-refractivity contribution in [3.63, 3.8) is 0 Å². The fraction of sp³-hybridized carbons (Fsp3) is 0.133. The molecular formula is C30H26N4O3S. The number of carbonyl (C=O) groups is 1. The van der Waals surface area contributed by atoms with Gasteiger partial charge in [-0.25, -0.2) is 9.78 Å². The van der Waals surface area contributed by atoms with E-state index in [4.69, 9.17) is 14.1 Å². The smallest absolute Gasteiger partial charge is 0.322 e. The molecule has 6 rings (SSSR count). The van der Waals surface area contributed by atoms with Gasteiger partial charge in [0.1, 0.15) is 11.5 Å². The molecule has 2 amide bonds. The number of methoxy groups -OCH3 is 1. The average molecular weight is 523 g/mol. The molecule has 0 fully saturated rings. The molecule has 1 N–H and O–H groups in total. The summed E-state index contributed by atoms with van der Waals surface area (Å²) in [6.07, 6.45) is 4.36. The van der Waals surface area contributed by atoms with E-state index in [0.717, 1.165) is 27.7 Å². The van der Waals surface area contributed by atoms with E-state index in [1.54, 1.807) is 29.6 Å². The van der Waals surface area contributed by atoms with Crippen LogP contribution in [0.1, 0.15) is 11.5 Å². The molecule has 3 heterocycles. The number of thiazole rings is 1. The molecule has 0 unspecified atom stereocenters. The Morgan fingerprint density at radius 3 is 2.74 bits per heavy atom. The van der Waals surface area contributed by atoms with Crippen molar-refractivity contribution in [1.29, 1.82) is 0 Å². The number of urea groups is 1. The summed E-state index contributed by atoms with van der Waals surface area (Å²) < 4.78 is 13.1. The number of ether oxygens (including phenoxy) is 1. The quantitative estimate of drug-likeness (QED) is 0.232. The van der Waals surface area contributed by atoms with E-state index in [0.29, 0.717) is 30.9 Å². The van der Waals surface area contributed by atoms with Gasteiger partial charge in [0.05, 0.1) is 31.3 Å². The molecule has 3 aromatic heterocycles. The van der Waals surface area contributed by atoms with Crippen LogP contribution in [-0.4, -0.2) is 34.0 Å². The van der Waals surface area contributed by atoms with Gasteiger partial charge in [-0.2, -0.15) is 0 Å². The number of benzene rings is 3. The number of fused-ring (bicyclic) bond motifs is 2. The Morgan fingerprint density at radius 1 is 1.05 bits per heavy atom. The molecule has 0 spiro atoms. The van der Waals surface area contributed by atoms with Crippen LogP contribution in [0.4, 0.5) is 10.5 Å². The highest BCUT2D eigenvalue weighted by molar-refractivity contribution is 7.15. The molecule has 0 atom stereocenters. The van der Waals surface area contributed by atoms with E-state index in [-0.39, 0.29) is 6.03 Å². The largest absolute Gasteiger partial charge is 0.495 e. The van der Waals surface area contributed by atoms with Crippen molar-refractivity contribution >= 4 is 38.8 Å². The summed E-state index contributed by atoms with van der Waals surface area (Å²) in [5.41, 5.74) is 3.74. The van der Waals surface area contributed by atoms with Gasteiger partial charge in [-0.15, -0.1) is 11.3 Å². The van der Waals surface area contributed by atoms with Crippen molar-refractivity contribution in [3.05, 3.63) is 108 Å². The second-order valence-electron chi connectivity index (χ2n) is 8.95. The molecule has 0 aliphatic carbocycles. The van der Waals surface area contributed by atoms with E-state index < -0.39 is 0 Å². The second-order valence-corrected chi connectivity index (χ2v) is 9.79. The normalized spacial score (nSPS) is 11.2. The lowest BCUT2D eigenvalue weighted by Crippen LogP contribution is -2.36. The molecule has 6 aromatic rings. The molecule has 0 saturated heterocycles. The molecular weight excluding hydrogens is 496 g/mol. The zero-order valence-electron chi connectivity index (χ0n) is 20.8. The number of hydrogen-bond donors (Lipinski definition) is 1. The zero-order chi connectivity index (χ0) is 25.9. The molecule has 7 nitrogen and oxygen atoms in total. The third kappa shape index (κ3) is 4.86. The minimum absolute atomic E-state index is 0.222. The van der Waals surface area contributed by atoms with Crippen molar-refractivity contribution in [2.45, 2.75) is 13.0 Å². The highest BCUT2D eigenvalue weighted by atomic mass is 32.1. The fourth-order valence-corrected chi connectivity index (χ4v) is 5.44. The van der Waals surface area contributed by atoms with E-state index in [9.17, 15) is 4.79 Å². The number of nitrogens with one attached hydrogen (secondary N) is 1. The van der Waals surface area contributed by atoms with Crippen LogP contribution in [0, 0.1) is 0 Å². The van der Waals surface area contributed by atoms with Gasteiger partial charge in [0.15, 0.2) is 4.96 Å². The minimum Gasteiger partial charge on any atom is -0.495 e. The zero-order valence-corrected chi connectivity index (χ0v) is 21.7. The first-order valence-electron chi connectivity index (χ1n) is 12.3. The first kappa shape index (κ1) is 23.8. The minimum atomic E-state index is -0.222. The molecule has 8 heteroatoms. The number of imidazole rings is 1. The Morgan fingerprint density at radius 2 is 1.89 bits per heavy atom. The maximum Gasteiger partial charge on any atom is 0.322 e. The average Bonchev–Trinajstić information content (AvgIpc) is 3.70. The van der Waals surface area contributed by atoms with Gasteiger partial charge in [0.25, 0.3) is 0 Å². The summed E-state index contributed by atoms with van der Waals surface area (Å²) in [7, 11) is 1.59. The van der Waals surface area contributed by atoms with E-state index >= 15 is 0 Å². The Kier molecular flexibility index (Phi) is 6.54. The number of rotatable bonds is 8. The van der Waals surface area contributed by atoms with Crippen molar-refractivity contribution < 1.29 is 13.9 Å². The monoisotopic (exact) mass is 522 g/mol. The lowest BCUT2D eigenvalue weighted by molar-refractivity contribution is 0.204. The molecule has 0 bridgehead atoms. The van der Waals surface area contributed by atoms with Crippen LogP contribution in [0.25, 0.3) is 27.0 Å². The van der Waals surface area contributed by atoms with Crippen molar-refractivity contribution in [2.24, 2.45) is 0 Å². The number of nitrogens with zero attached hydrogens (tertiary/aromatic N) is 3. The first-order valence-corrected chi connectivity index (χ1v) is 13.2. The number of para-hydroxylation sites is 2. The van der Waals surface area contributed by atoms with E-state index in [2.05, 4.69) is 57.7 Å². The molecule has 3 aromatic carbocycles. The molecule has 38 heavy (non-hydrogen) atoms. The standard InChI is InChI=1S/C30H26N4O3S/c1-36-28-11-5-4-10-26(28)31-29(35)33(18-25-9-6-16-37-25)15-14-24-20-38-30-32-27(19-34(24)30)23-13-12-21-7-2-3-8-22(21)17-23/h2-13,16-17,19-20H,14-15,18H2,1H3,(H,31,35). The molecule has 0 radical (unpaired) electrons. The lowest BCUT2D eigenvalue weighted by Gasteiger charge is -2.22. The summed E-state index contributed by atoms with van der Waals surface area (Å²) in [4.78, 5) is 20.9. The Labute approximate surface area is 223 Å². The first-order chi connectivity index (χ1) is 18.7. The highest BCUT2D eigenvalue weighted by Crippen LogP contribution is 2.27. The summed E-state index contributed by atoms with van der Waals surface area (Å²) in [6, 6.07) is 25.6. The predicted molar refractivity (Wildman–Crippen MR) is 151 cm³/mol. The number of carbonyl (C=O) groups excluding carboxylic acids is 1. The van der Waals surface area contributed by atoms with Crippen LogP contribution in [0.5, 0.6) is 5.75 Å². The Balaban J connectivity index is 1.22. The molecule has 0 saturated carbocycles. The number of amides is 2. The summed E-state index contributed by atoms with van der Waals surface area (Å²) in [5, 5.41) is 7.49. The van der Waals surface area contributed by atoms with Crippen LogP contribution < -0.4 is 10.1 Å². The van der Waals surface area contributed by atoms with Crippen LogP contribution in [0.3, 0.4) is 0 Å². The predicted octanol–water partition coefficient (Wildman–Crippen LogP) is 7.09. The van der Waals surface area contributed by atoms with Crippen molar-refractivity contribution in [1.82, 2.24) is 14.3 Å². The third-order valence-electron chi connectivity index (χ3n) is 6.53. The van der Waals surface area contributed by atoms with Gasteiger partial charge in [0, 0.05) is 35.8 Å². The van der Waals surface area contributed by atoms with Crippen LogP contribution in [0.2, 0.25) is 0 Å². The second kappa shape index (κ2) is 10.4. The summed E-state index contributed by atoms with van der Waals surface area (Å²) >= 11 is 1.60. The maximum atomic E-state index is 13.3. The van der Waals surface area contributed by atoms with Gasteiger partial charge < -0.3 is 19.4 Å². The van der Waals surface area contributed by atoms with Crippen LogP contribution in [-0.2, 0) is 13.0 Å². The van der Waals surface area contributed by atoms with Crippen molar-refractivity contribution in [2.75, 3.05) is 19.0 Å². The SMILES string of the molecule is COc1ccccc1NC(=O)N(CCc1csc2nc(-c3ccc4ccccc4c3)cn12)Cc1ccco1. The number of furan rings is 1. The lowest BCUT2D eigenvalue weighted by atomic mass is 10.1. The summed E-state index contributed by atoms with van der Waals surface area (Å²) in [5.74, 6) is 1.33. The van der Waals surface area contributed by atoms with Gasteiger partial charge in [0.2, 0.25) is 0 Å². The van der Waals surface area contributed by atoms with Crippen LogP contribution in [0.15, 0.2) is 101 Å². The van der Waals surface area contributed by atoms with Gasteiger partial charge in [-0.3, -0.25) is 4.40 Å². The Hall–Kier alpha value is -4.56. The highest BCUT2D eigenvalue weighted by Gasteiger charge is 2.19. The van der Waals surface area contributed by atoms with Crippen LogP contribution >= 0.6 is 11.3 Å². The number of aromatic nitrogens is 2. The summed E-state index contributed by atoms with van der Waals surface area (Å²) in [6.45, 7) is 0.852.